The van der Waals surface area contributed by atoms with Crippen LogP contribution in [-0.2, 0) is 0 Å². The number of benzene rings is 2. The zero-order valence-corrected chi connectivity index (χ0v) is 15.9. The summed E-state index contributed by atoms with van der Waals surface area (Å²) in [6.45, 7) is 0.642. The van der Waals surface area contributed by atoms with Crippen LogP contribution in [0.3, 0.4) is 0 Å². The number of carbonyl (C=O) groups is 1. The first-order chi connectivity index (χ1) is 14.6. The minimum absolute atomic E-state index is 0.0385. The molecule has 0 bridgehead atoms. The molecule has 3 heterocycles. The Morgan fingerprint density at radius 3 is 2.80 bits per heavy atom. The van der Waals surface area contributed by atoms with Gasteiger partial charge >= 0.3 is 0 Å². The van der Waals surface area contributed by atoms with Gasteiger partial charge in [-0.15, -0.1) is 0 Å². The second-order valence-electron chi connectivity index (χ2n) is 7.23. The molecule has 0 saturated carbocycles. The molecule has 1 saturated heterocycles. The Bertz CT molecular complexity index is 1100. The van der Waals surface area contributed by atoms with Crippen LogP contribution in [0.25, 0.3) is 11.3 Å². The van der Waals surface area contributed by atoms with Crippen LogP contribution in [0.4, 0.5) is 8.78 Å². The van der Waals surface area contributed by atoms with E-state index in [-0.39, 0.29) is 24.0 Å². The molecule has 0 aliphatic carbocycles. The predicted octanol–water partition coefficient (Wildman–Crippen LogP) is 4.99. The highest BCUT2D eigenvalue weighted by atomic mass is 19.3. The van der Waals surface area contributed by atoms with Gasteiger partial charge in [-0.25, -0.2) is 8.78 Å². The van der Waals surface area contributed by atoms with Crippen LogP contribution in [0, 0.1) is 0 Å². The maximum atomic E-state index is 13.5. The van der Waals surface area contributed by atoms with Crippen molar-refractivity contribution < 1.29 is 27.6 Å². The van der Waals surface area contributed by atoms with Crippen molar-refractivity contribution in [2.45, 2.75) is 25.3 Å². The Morgan fingerprint density at radius 1 is 1.10 bits per heavy atom. The largest absolute Gasteiger partial charge is 0.454 e. The first-order valence-corrected chi connectivity index (χ1v) is 9.66. The molecule has 2 aliphatic heterocycles. The summed E-state index contributed by atoms with van der Waals surface area (Å²) in [6.07, 6.45) is -1.23. The van der Waals surface area contributed by atoms with Crippen LogP contribution < -0.4 is 9.47 Å². The molecule has 1 amide bonds. The van der Waals surface area contributed by atoms with E-state index >= 15 is 0 Å². The fourth-order valence-corrected chi connectivity index (χ4v) is 4.06. The molecule has 1 unspecified atom stereocenters. The van der Waals surface area contributed by atoms with Gasteiger partial charge in [0.2, 0.25) is 6.79 Å². The quantitative estimate of drug-likeness (QED) is 0.604. The van der Waals surface area contributed by atoms with Crippen molar-refractivity contribution in [3.63, 3.8) is 0 Å². The van der Waals surface area contributed by atoms with Crippen molar-refractivity contribution in [1.82, 2.24) is 10.1 Å². The topological polar surface area (TPSA) is 64.8 Å². The Labute approximate surface area is 171 Å². The minimum atomic E-state index is -2.59. The minimum Gasteiger partial charge on any atom is -0.454 e. The van der Waals surface area contributed by atoms with Gasteiger partial charge in [0.15, 0.2) is 23.0 Å². The van der Waals surface area contributed by atoms with E-state index in [0.29, 0.717) is 41.4 Å². The number of rotatable bonds is 4. The van der Waals surface area contributed by atoms with E-state index in [1.54, 1.807) is 47.4 Å². The van der Waals surface area contributed by atoms with E-state index in [2.05, 4.69) is 5.16 Å². The third-order valence-electron chi connectivity index (χ3n) is 5.49. The van der Waals surface area contributed by atoms with E-state index < -0.39 is 12.5 Å². The van der Waals surface area contributed by atoms with Gasteiger partial charge in [-0.3, -0.25) is 4.79 Å². The molecule has 30 heavy (non-hydrogen) atoms. The number of nitrogens with zero attached hydrogens (tertiary/aromatic N) is 2. The zero-order chi connectivity index (χ0) is 20.7. The number of amides is 1. The SMILES string of the molecule is O=C(c1cc(-c2ccc3c(c2)OCO3)on1)N1CCCC1c1ccccc1C(F)F. The monoisotopic (exact) mass is 412 g/mol. The number of ether oxygens (including phenoxy) is 2. The van der Waals surface area contributed by atoms with Gasteiger partial charge in [0.25, 0.3) is 12.3 Å². The number of alkyl halides is 2. The molecule has 6 nitrogen and oxygen atoms in total. The Morgan fingerprint density at radius 2 is 1.93 bits per heavy atom. The predicted molar refractivity (Wildman–Crippen MR) is 102 cm³/mol. The molecule has 2 aliphatic rings. The van der Waals surface area contributed by atoms with Crippen LogP contribution in [-0.4, -0.2) is 29.3 Å². The summed E-state index contributed by atoms with van der Waals surface area (Å²) in [5.41, 5.74) is 1.29. The molecule has 8 heteroatoms. The van der Waals surface area contributed by atoms with Gasteiger partial charge in [0, 0.05) is 23.7 Å². The summed E-state index contributed by atoms with van der Waals surface area (Å²) < 4.78 is 43.0. The van der Waals surface area contributed by atoms with Gasteiger partial charge < -0.3 is 18.9 Å². The van der Waals surface area contributed by atoms with Crippen molar-refractivity contribution in [3.8, 4) is 22.8 Å². The van der Waals surface area contributed by atoms with E-state index in [4.69, 9.17) is 14.0 Å². The highest BCUT2D eigenvalue weighted by molar-refractivity contribution is 5.93. The molecule has 1 aromatic heterocycles. The Kier molecular flexibility index (Phi) is 4.61. The number of hydrogen-bond donors (Lipinski definition) is 0. The molecular formula is C22H18F2N2O4. The van der Waals surface area contributed by atoms with Crippen LogP contribution in [0.15, 0.2) is 53.1 Å². The van der Waals surface area contributed by atoms with Crippen molar-refractivity contribution in [2.24, 2.45) is 0 Å². The van der Waals surface area contributed by atoms with E-state index in [9.17, 15) is 13.6 Å². The lowest BCUT2D eigenvalue weighted by molar-refractivity contribution is 0.0719. The average Bonchev–Trinajstić information content (AvgIpc) is 3.53. The maximum absolute atomic E-state index is 13.5. The van der Waals surface area contributed by atoms with Crippen molar-refractivity contribution in [3.05, 3.63) is 65.4 Å². The van der Waals surface area contributed by atoms with Gasteiger partial charge in [-0.1, -0.05) is 29.4 Å². The van der Waals surface area contributed by atoms with E-state index in [1.807, 2.05) is 0 Å². The standard InChI is InChI=1S/C22H18F2N2O4/c23-21(24)15-5-2-1-4-14(15)17-6-3-9-26(17)22(27)16-11-19(30-25-16)13-7-8-18-20(10-13)29-12-28-18/h1-2,4-5,7-8,10-11,17,21H,3,6,9,12H2. The molecule has 1 fully saturated rings. The van der Waals surface area contributed by atoms with E-state index in [1.165, 1.54) is 6.07 Å². The number of hydrogen-bond acceptors (Lipinski definition) is 5. The Balaban J connectivity index is 1.41. The molecular weight excluding hydrogens is 394 g/mol. The lowest BCUT2D eigenvalue weighted by Crippen LogP contribution is -2.31. The summed E-state index contributed by atoms with van der Waals surface area (Å²) >= 11 is 0. The summed E-state index contributed by atoms with van der Waals surface area (Å²) in [7, 11) is 0. The second-order valence-corrected chi connectivity index (χ2v) is 7.23. The summed E-state index contributed by atoms with van der Waals surface area (Å²) in [5, 5.41) is 3.93. The highest BCUT2D eigenvalue weighted by Gasteiger charge is 2.34. The van der Waals surface area contributed by atoms with Crippen LogP contribution in [0.1, 0.15) is 46.9 Å². The second kappa shape index (κ2) is 7.44. The summed E-state index contributed by atoms with van der Waals surface area (Å²) in [5.74, 6) is 1.32. The molecule has 3 aromatic rings. The molecule has 2 aromatic carbocycles. The number of carbonyl (C=O) groups excluding carboxylic acids is 1. The van der Waals surface area contributed by atoms with Gasteiger partial charge in [-0.2, -0.15) is 0 Å². The molecule has 0 radical (unpaired) electrons. The molecule has 5 rings (SSSR count). The van der Waals surface area contributed by atoms with Crippen molar-refractivity contribution in [1.29, 1.82) is 0 Å². The third kappa shape index (κ3) is 3.18. The third-order valence-corrected chi connectivity index (χ3v) is 5.49. The highest BCUT2D eigenvalue weighted by Crippen LogP contribution is 2.39. The maximum Gasteiger partial charge on any atom is 0.276 e. The molecule has 1 atom stereocenters. The van der Waals surface area contributed by atoms with Crippen molar-refractivity contribution in [2.75, 3.05) is 13.3 Å². The van der Waals surface area contributed by atoms with Gasteiger partial charge in [0.05, 0.1) is 6.04 Å². The Hall–Kier alpha value is -3.42. The lowest BCUT2D eigenvalue weighted by atomic mass is 9.98. The first kappa shape index (κ1) is 18.6. The van der Waals surface area contributed by atoms with Crippen LogP contribution >= 0.6 is 0 Å². The first-order valence-electron chi connectivity index (χ1n) is 9.66. The number of halogens is 2. The number of likely N-dealkylation sites (tertiary alicyclic amines) is 1. The van der Waals surface area contributed by atoms with Crippen LogP contribution in [0.5, 0.6) is 11.5 Å². The normalized spacial score (nSPS) is 17.7. The van der Waals surface area contributed by atoms with Gasteiger partial charge in [-0.05, 0) is 36.6 Å². The number of aromatic nitrogens is 1. The average molecular weight is 412 g/mol. The summed E-state index contributed by atoms with van der Waals surface area (Å²) in [6, 6.07) is 12.8. The molecule has 0 spiro atoms. The van der Waals surface area contributed by atoms with Crippen molar-refractivity contribution >= 4 is 5.91 Å². The lowest BCUT2D eigenvalue weighted by Gasteiger charge is -2.26. The fraction of sp³-hybridized carbons (Fsp3) is 0.273. The molecule has 0 N–H and O–H groups in total. The van der Waals surface area contributed by atoms with E-state index in [0.717, 1.165) is 6.42 Å². The fourth-order valence-electron chi connectivity index (χ4n) is 4.06. The van der Waals surface area contributed by atoms with Crippen LogP contribution in [0.2, 0.25) is 0 Å². The zero-order valence-electron chi connectivity index (χ0n) is 15.9. The smallest absolute Gasteiger partial charge is 0.276 e. The molecule has 154 valence electrons. The number of fused-ring (bicyclic) bond motifs is 1. The van der Waals surface area contributed by atoms with Gasteiger partial charge in [0.1, 0.15) is 0 Å². The summed E-state index contributed by atoms with van der Waals surface area (Å²) in [4.78, 5) is 14.7.